The number of rotatable bonds is 10. The molecule has 1 aliphatic carbocycles. The fourth-order valence-corrected chi connectivity index (χ4v) is 2.86. The quantitative estimate of drug-likeness (QED) is 0.695. The maximum Gasteiger partial charge on any atom is 0.0233 e. The number of nitrogens with zero attached hydrogens (tertiary/aromatic N) is 1. The molecular weight excluding hydrogens is 256 g/mol. The van der Waals surface area contributed by atoms with Crippen molar-refractivity contribution in [2.24, 2.45) is 0 Å². The van der Waals surface area contributed by atoms with Crippen LogP contribution in [0.4, 0.5) is 0 Å². The van der Waals surface area contributed by atoms with E-state index in [1.165, 1.54) is 49.9 Å². The molecule has 2 rings (SSSR count). The Hall–Kier alpha value is -0.860. The van der Waals surface area contributed by atoms with Crippen LogP contribution in [0.2, 0.25) is 0 Å². The molecule has 2 nitrogen and oxygen atoms in total. The second-order valence-corrected chi connectivity index (χ2v) is 6.60. The standard InChI is InChI=1S/C19H32N2/c1-4-12-21(13-5-2)15-17-6-8-18(9-7-17)16(3)14-20-19-10-11-19/h6-9,16,19-20H,4-5,10-15H2,1-3H3. The van der Waals surface area contributed by atoms with E-state index in [2.05, 4.69) is 55.3 Å². The molecule has 1 aromatic rings. The Morgan fingerprint density at radius 1 is 1.10 bits per heavy atom. The molecule has 21 heavy (non-hydrogen) atoms. The van der Waals surface area contributed by atoms with Crippen molar-refractivity contribution in [1.29, 1.82) is 0 Å². The van der Waals surface area contributed by atoms with Crippen LogP contribution < -0.4 is 5.32 Å². The maximum absolute atomic E-state index is 3.63. The van der Waals surface area contributed by atoms with Gasteiger partial charge in [-0.1, -0.05) is 45.0 Å². The molecule has 2 heteroatoms. The van der Waals surface area contributed by atoms with Crippen LogP contribution in [0.15, 0.2) is 24.3 Å². The van der Waals surface area contributed by atoms with Crippen LogP contribution in [0.25, 0.3) is 0 Å². The van der Waals surface area contributed by atoms with Gasteiger partial charge in [-0.3, -0.25) is 4.90 Å². The van der Waals surface area contributed by atoms with Crippen molar-refractivity contribution < 1.29 is 0 Å². The lowest BCUT2D eigenvalue weighted by atomic mass is 9.99. The molecule has 118 valence electrons. The molecule has 1 aliphatic rings. The first-order chi connectivity index (χ1) is 10.2. The molecule has 1 fully saturated rings. The van der Waals surface area contributed by atoms with E-state index in [-0.39, 0.29) is 0 Å². The van der Waals surface area contributed by atoms with Gasteiger partial charge in [-0.2, -0.15) is 0 Å². The third kappa shape index (κ3) is 5.80. The first-order valence-electron chi connectivity index (χ1n) is 8.77. The van der Waals surface area contributed by atoms with E-state index in [0.717, 1.165) is 19.1 Å². The van der Waals surface area contributed by atoms with Crippen LogP contribution in [-0.2, 0) is 6.54 Å². The van der Waals surface area contributed by atoms with Crippen LogP contribution in [0.3, 0.4) is 0 Å². The van der Waals surface area contributed by atoms with Gasteiger partial charge in [0, 0.05) is 19.1 Å². The van der Waals surface area contributed by atoms with Gasteiger partial charge in [0.2, 0.25) is 0 Å². The Morgan fingerprint density at radius 3 is 2.24 bits per heavy atom. The maximum atomic E-state index is 3.63. The van der Waals surface area contributed by atoms with Gasteiger partial charge in [-0.05, 0) is 55.8 Å². The summed E-state index contributed by atoms with van der Waals surface area (Å²) in [6.45, 7) is 11.5. The lowest BCUT2D eigenvalue weighted by molar-refractivity contribution is 0.266. The average molecular weight is 288 g/mol. The third-order valence-electron chi connectivity index (χ3n) is 4.32. The minimum absolute atomic E-state index is 0.613. The highest BCUT2D eigenvalue weighted by atomic mass is 15.1. The van der Waals surface area contributed by atoms with Crippen molar-refractivity contribution in [3.8, 4) is 0 Å². The number of hydrogen-bond acceptors (Lipinski definition) is 2. The zero-order valence-electron chi connectivity index (χ0n) is 14.1. The molecular formula is C19H32N2. The molecule has 0 radical (unpaired) electrons. The van der Waals surface area contributed by atoms with Gasteiger partial charge >= 0.3 is 0 Å². The smallest absolute Gasteiger partial charge is 0.0233 e. The van der Waals surface area contributed by atoms with E-state index in [1.54, 1.807) is 0 Å². The SMILES string of the molecule is CCCN(CCC)Cc1ccc(C(C)CNC2CC2)cc1. The van der Waals surface area contributed by atoms with Gasteiger partial charge in [0.25, 0.3) is 0 Å². The Balaban J connectivity index is 1.84. The van der Waals surface area contributed by atoms with E-state index in [0.29, 0.717) is 5.92 Å². The first-order valence-corrected chi connectivity index (χ1v) is 8.77. The summed E-state index contributed by atoms with van der Waals surface area (Å²) in [5, 5.41) is 3.63. The van der Waals surface area contributed by atoms with Crippen LogP contribution >= 0.6 is 0 Å². The van der Waals surface area contributed by atoms with Crippen molar-refractivity contribution in [3.05, 3.63) is 35.4 Å². The van der Waals surface area contributed by atoms with Gasteiger partial charge in [-0.25, -0.2) is 0 Å². The lowest BCUT2D eigenvalue weighted by Gasteiger charge is -2.21. The Kier molecular flexibility index (Phi) is 6.72. The van der Waals surface area contributed by atoms with Crippen molar-refractivity contribution >= 4 is 0 Å². The Labute approximate surface area is 130 Å². The second-order valence-electron chi connectivity index (χ2n) is 6.60. The highest BCUT2D eigenvalue weighted by molar-refractivity contribution is 5.25. The van der Waals surface area contributed by atoms with Crippen molar-refractivity contribution in [3.63, 3.8) is 0 Å². The number of nitrogens with one attached hydrogen (secondary N) is 1. The Bertz CT molecular complexity index is 389. The monoisotopic (exact) mass is 288 g/mol. The molecule has 0 spiro atoms. The summed E-state index contributed by atoms with van der Waals surface area (Å²) >= 11 is 0. The molecule has 1 saturated carbocycles. The molecule has 0 bridgehead atoms. The normalized spacial score (nSPS) is 16.4. The van der Waals surface area contributed by atoms with Gasteiger partial charge in [0.15, 0.2) is 0 Å². The summed E-state index contributed by atoms with van der Waals surface area (Å²) in [4.78, 5) is 2.56. The van der Waals surface area contributed by atoms with Crippen LogP contribution in [-0.4, -0.2) is 30.6 Å². The Morgan fingerprint density at radius 2 is 1.71 bits per heavy atom. The topological polar surface area (TPSA) is 15.3 Å². The van der Waals surface area contributed by atoms with Crippen molar-refractivity contribution in [1.82, 2.24) is 10.2 Å². The summed E-state index contributed by atoms with van der Waals surface area (Å²) in [7, 11) is 0. The van der Waals surface area contributed by atoms with Crippen molar-refractivity contribution in [2.45, 2.75) is 65.0 Å². The van der Waals surface area contributed by atoms with Crippen LogP contribution in [0.5, 0.6) is 0 Å². The highest BCUT2D eigenvalue weighted by Gasteiger charge is 2.21. The van der Waals surface area contributed by atoms with E-state index in [4.69, 9.17) is 0 Å². The lowest BCUT2D eigenvalue weighted by Crippen LogP contribution is -2.25. The van der Waals surface area contributed by atoms with Crippen LogP contribution in [0, 0.1) is 0 Å². The summed E-state index contributed by atoms with van der Waals surface area (Å²) in [6.07, 6.45) is 5.22. The van der Waals surface area contributed by atoms with E-state index >= 15 is 0 Å². The molecule has 1 N–H and O–H groups in total. The average Bonchev–Trinajstić information content (AvgIpc) is 3.30. The van der Waals surface area contributed by atoms with Crippen LogP contribution in [0.1, 0.15) is 63.5 Å². The number of hydrogen-bond donors (Lipinski definition) is 1. The van der Waals surface area contributed by atoms with E-state index in [1.807, 2.05) is 0 Å². The zero-order valence-corrected chi connectivity index (χ0v) is 14.1. The first kappa shape index (κ1) is 16.5. The summed E-state index contributed by atoms with van der Waals surface area (Å²) in [6, 6.07) is 10.1. The summed E-state index contributed by atoms with van der Waals surface area (Å²) in [5.41, 5.74) is 2.91. The molecule has 1 aromatic carbocycles. The molecule has 0 aliphatic heterocycles. The fraction of sp³-hybridized carbons (Fsp3) is 0.684. The minimum Gasteiger partial charge on any atom is -0.313 e. The second kappa shape index (κ2) is 8.55. The van der Waals surface area contributed by atoms with Gasteiger partial charge in [0.05, 0.1) is 0 Å². The summed E-state index contributed by atoms with van der Waals surface area (Å²) in [5.74, 6) is 0.613. The predicted octanol–water partition coefficient (Wildman–Crippen LogP) is 4.16. The minimum atomic E-state index is 0.613. The van der Waals surface area contributed by atoms with Gasteiger partial charge in [0.1, 0.15) is 0 Å². The summed E-state index contributed by atoms with van der Waals surface area (Å²) < 4.78 is 0. The van der Waals surface area contributed by atoms with E-state index in [9.17, 15) is 0 Å². The zero-order chi connectivity index (χ0) is 15.1. The van der Waals surface area contributed by atoms with Crippen molar-refractivity contribution in [2.75, 3.05) is 19.6 Å². The van der Waals surface area contributed by atoms with Gasteiger partial charge in [-0.15, -0.1) is 0 Å². The number of benzene rings is 1. The highest BCUT2D eigenvalue weighted by Crippen LogP contribution is 2.21. The third-order valence-corrected chi connectivity index (χ3v) is 4.32. The molecule has 1 unspecified atom stereocenters. The van der Waals surface area contributed by atoms with Gasteiger partial charge < -0.3 is 5.32 Å². The van der Waals surface area contributed by atoms with E-state index < -0.39 is 0 Å². The molecule has 0 amide bonds. The molecule has 0 aromatic heterocycles. The molecule has 0 heterocycles. The molecule has 1 atom stereocenters. The predicted molar refractivity (Wildman–Crippen MR) is 91.7 cm³/mol. The largest absolute Gasteiger partial charge is 0.313 e. The molecule has 0 saturated heterocycles. The fourth-order valence-electron chi connectivity index (χ4n) is 2.86.